The summed E-state index contributed by atoms with van der Waals surface area (Å²) in [5.41, 5.74) is 1.23. The molecule has 1 aliphatic heterocycles. The maximum Gasteiger partial charge on any atom is 0.249 e. The van der Waals surface area contributed by atoms with Crippen molar-refractivity contribution in [3.05, 3.63) is 59.7 Å². The minimum absolute atomic E-state index is 0.101. The van der Waals surface area contributed by atoms with Crippen LogP contribution in [0.2, 0.25) is 0 Å². The fourth-order valence-corrected chi connectivity index (χ4v) is 2.83. The Kier molecular flexibility index (Phi) is 5.16. The predicted molar refractivity (Wildman–Crippen MR) is 91.7 cm³/mol. The molecule has 1 saturated heterocycles. The van der Waals surface area contributed by atoms with Gasteiger partial charge in [0, 0.05) is 19.2 Å². The molecule has 2 aromatic carbocycles. The third-order valence-corrected chi connectivity index (χ3v) is 4.12. The number of ether oxygens (including phenoxy) is 1. The highest BCUT2D eigenvalue weighted by molar-refractivity contribution is 6.01. The standard InChI is InChI=1S/C19H18F2N2O3/c1-12(24)22-18-8-9-23(19(18)25)14-3-5-15(6-4-14)26-11-13-2-7-16(20)17(21)10-13/h2-7,10,18H,8-9,11H2,1H3,(H,22,24)/t18-/m0/s1. The number of rotatable bonds is 5. The van der Waals surface area contributed by atoms with Gasteiger partial charge < -0.3 is 15.0 Å². The Balaban J connectivity index is 1.61. The number of carbonyl (C=O) groups is 2. The van der Waals surface area contributed by atoms with Crippen LogP contribution in [-0.2, 0) is 16.2 Å². The molecule has 7 heteroatoms. The number of hydrogen-bond donors (Lipinski definition) is 1. The van der Waals surface area contributed by atoms with Crippen LogP contribution in [0.5, 0.6) is 5.75 Å². The SMILES string of the molecule is CC(=O)N[C@H]1CCN(c2ccc(OCc3ccc(F)c(F)c3)cc2)C1=O. The molecule has 0 spiro atoms. The van der Waals surface area contributed by atoms with E-state index in [9.17, 15) is 18.4 Å². The largest absolute Gasteiger partial charge is 0.489 e. The van der Waals surface area contributed by atoms with Gasteiger partial charge in [-0.1, -0.05) is 6.07 Å². The van der Waals surface area contributed by atoms with E-state index in [1.807, 2.05) is 0 Å². The molecule has 1 N–H and O–H groups in total. The van der Waals surface area contributed by atoms with E-state index in [4.69, 9.17) is 4.74 Å². The Bertz CT molecular complexity index is 824. The molecule has 136 valence electrons. The fraction of sp³-hybridized carbons (Fsp3) is 0.263. The van der Waals surface area contributed by atoms with Gasteiger partial charge in [-0.25, -0.2) is 8.78 Å². The van der Waals surface area contributed by atoms with Crippen molar-refractivity contribution in [2.24, 2.45) is 0 Å². The van der Waals surface area contributed by atoms with Crippen molar-refractivity contribution in [1.29, 1.82) is 0 Å². The van der Waals surface area contributed by atoms with Crippen LogP contribution in [0.4, 0.5) is 14.5 Å². The van der Waals surface area contributed by atoms with Crippen molar-refractivity contribution < 1.29 is 23.1 Å². The Morgan fingerprint density at radius 1 is 1.19 bits per heavy atom. The third kappa shape index (κ3) is 3.99. The molecule has 1 fully saturated rings. The van der Waals surface area contributed by atoms with Gasteiger partial charge in [0.05, 0.1) is 0 Å². The van der Waals surface area contributed by atoms with Gasteiger partial charge in [0.25, 0.3) is 0 Å². The molecule has 0 aromatic heterocycles. The van der Waals surface area contributed by atoms with Gasteiger partial charge in [0.2, 0.25) is 11.8 Å². The second kappa shape index (κ2) is 7.51. The summed E-state index contributed by atoms with van der Waals surface area (Å²) in [4.78, 5) is 25.0. The van der Waals surface area contributed by atoms with Crippen molar-refractivity contribution >= 4 is 17.5 Å². The highest BCUT2D eigenvalue weighted by Crippen LogP contribution is 2.25. The van der Waals surface area contributed by atoms with E-state index in [-0.39, 0.29) is 18.4 Å². The lowest BCUT2D eigenvalue weighted by atomic mass is 10.2. The number of nitrogens with one attached hydrogen (secondary N) is 1. The van der Waals surface area contributed by atoms with Crippen LogP contribution in [0.3, 0.4) is 0 Å². The average Bonchev–Trinajstić information content (AvgIpc) is 2.96. The molecule has 26 heavy (non-hydrogen) atoms. The van der Waals surface area contributed by atoms with Gasteiger partial charge in [-0.2, -0.15) is 0 Å². The summed E-state index contributed by atoms with van der Waals surface area (Å²) < 4.78 is 31.7. The van der Waals surface area contributed by atoms with E-state index >= 15 is 0 Å². The molecule has 0 aliphatic carbocycles. The van der Waals surface area contributed by atoms with Crippen LogP contribution in [0, 0.1) is 11.6 Å². The lowest BCUT2D eigenvalue weighted by Gasteiger charge is -2.17. The van der Waals surface area contributed by atoms with Crippen molar-refractivity contribution in [2.45, 2.75) is 26.0 Å². The van der Waals surface area contributed by atoms with Gasteiger partial charge in [0.15, 0.2) is 11.6 Å². The highest BCUT2D eigenvalue weighted by Gasteiger charge is 2.32. The molecule has 5 nitrogen and oxygen atoms in total. The summed E-state index contributed by atoms with van der Waals surface area (Å²) in [6.07, 6.45) is 0.562. The maximum absolute atomic E-state index is 13.2. The van der Waals surface area contributed by atoms with Crippen LogP contribution < -0.4 is 15.0 Å². The Morgan fingerprint density at radius 2 is 1.92 bits per heavy atom. The van der Waals surface area contributed by atoms with Gasteiger partial charge in [0.1, 0.15) is 18.4 Å². The minimum Gasteiger partial charge on any atom is -0.489 e. The molecule has 0 saturated carbocycles. The Labute approximate surface area is 149 Å². The number of nitrogens with zero attached hydrogens (tertiary/aromatic N) is 1. The number of carbonyl (C=O) groups excluding carboxylic acids is 2. The zero-order chi connectivity index (χ0) is 18.7. The summed E-state index contributed by atoms with van der Waals surface area (Å²) >= 11 is 0. The molecule has 3 rings (SSSR count). The second-order valence-electron chi connectivity index (χ2n) is 6.06. The lowest BCUT2D eigenvalue weighted by molar-refractivity contribution is -0.125. The topological polar surface area (TPSA) is 58.6 Å². The van der Waals surface area contributed by atoms with E-state index in [1.54, 1.807) is 29.2 Å². The molecule has 2 aromatic rings. The second-order valence-corrected chi connectivity index (χ2v) is 6.06. The summed E-state index contributed by atoms with van der Waals surface area (Å²) in [7, 11) is 0. The van der Waals surface area contributed by atoms with Crippen LogP contribution in [0.25, 0.3) is 0 Å². The van der Waals surface area contributed by atoms with Crippen LogP contribution >= 0.6 is 0 Å². The molecule has 1 aliphatic rings. The molecule has 0 unspecified atom stereocenters. The first-order valence-corrected chi connectivity index (χ1v) is 8.19. The van der Waals surface area contributed by atoms with Gasteiger partial charge in [-0.15, -0.1) is 0 Å². The van der Waals surface area contributed by atoms with Gasteiger partial charge in [-0.05, 0) is 48.4 Å². The molecule has 0 radical (unpaired) electrons. The number of hydrogen-bond acceptors (Lipinski definition) is 3. The van der Waals surface area contributed by atoms with Crippen LogP contribution in [0.15, 0.2) is 42.5 Å². The third-order valence-electron chi connectivity index (χ3n) is 4.12. The van der Waals surface area contributed by atoms with Gasteiger partial charge >= 0.3 is 0 Å². The molecular formula is C19H18F2N2O3. The first kappa shape index (κ1) is 17.8. The quantitative estimate of drug-likeness (QED) is 0.892. The molecule has 1 atom stereocenters. The maximum atomic E-state index is 13.2. The summed E-state index contributed by atoms with van der Waals surface area (Å²) in [6.45, 7) is 2.01. The Morgan fingerprint density at radius 3 is 2.58 bits per heavy atom. The van der Waals surface area contributed by atoms with E-state index in [2.05, 4.69) is 5.32 Å². The summed E-state index contributed by atoms with van der Waals surface area (Å²) in [5, 5.41) is 2.64. The zero-order valence-electron chi connectivity index (χ0n) is 14.2. The van der Waals surface area contributed by atoms with Crippen molar-refractivity contribution in [1.82, 2.24) is 5.32 Å². The summed E-state index contributed by atoms with van der Waals surface area (Å²) in [6, 6.07) is 10.0. The fourth-order valence-electron chi connectivity index (χ4n) is 2.83. The first-order valence-electron chi connectivity index (χ1n) is 8.19. The molecule has 1 heterocycles. The predicted octanol–water partition coefficient (Wildman–Crippen LogP) is 2.79. The molecule has 2 amide bonds. The minimum atomic E-state index is -0.914. The number of benzene rings is 2. The molecule has 0 bridgehead atoms. The van der Waals surface area contributed by atoms with Crippen LogP contribution in [-0.4, -0.2) is 24.4 Å². The van der Waals surface area contributed by atoms with E-state index in [0.717, 1.165) is 12.1 Å². The summed E-state index contributed by atoms with van der Waals surface area (Å²) in [5.74, 6) is -1.64. The smallest absolute Gasteiger partial charge is 0.249 e. The van der Waals surface area contributed by atoms with E-state index in [0.29, 0.717) is 30.0 Å². The monoisotopic (exact) mass is 360 g/mol. The van der Waals surface area contributed by atoms with Crippen molar-refractivity contribution in [3.63, 3.8) is 0 Å². The first-order chi connectivity index (χ1) is 12.4. The number of halogens is 2. The zero-order valence-corrected chi connectivity index (χ0v) is 14.2. The molecular weight excluding hydrogens is 342 g/mol. The van der Waals surface area contributed by atoms with Gasteiger partial charge in [-0.3, -0.25) is 9.59 Å². The van der Waals surface area contributed by atoms with E-state index < -0.39 is 17.7 Å². The normalized spacial score (nSPS) is 16.7. The van der Waals surface area contributed by atoms with Crippen molar-refractivity contribution in [3.8, 4) is 5.75 Å². The lowest BCUT2D eigenvalue weighted by Crippen LogP contribution is -2.40. The van der Waals surface area contributed by atoms with Crippen molar-refractivity contribution in [2.75, 3.05) is 11.4 Å². The number of amides is 2. The average molecular weight is 360 g/mol. The highest BCUT2D eigenvalue weighted by atomic mass is 19.2. The Hall–Kier alpha value is -2.96. The van der Waals surface area contributed by atoms with Crippen LogP contribution in [0.1, 0.15) is 18.9 Å². The number of anilines is 1. The van der Waals surface area contributed by atoms with E-state index in [1.165, 1.54) is 13.0 Å².